The lowest BCUT2D eigenvalue weighted by molar-refractivity contribution is -0.873. The number of unbranched alkanes of at least 4 members (excludes halogenated alkanes) is 12. The molecule has 0 saturated carbocycles. The summed E-state index contributed by atoms with van der Waals surface area (Å²) < 4.78 is 5.95. The summed E-state index contributed by atoms with van der Waals surface area (Å²) in [4.78, 5) is 23.0. The Morgan fingerprint density at radius 3 is 1.67 bits per heavy atom. The maximum atomic E-state index is 12.1. The normalized spacial score (nSPS) is 13.6. The first-order valence-corrected chi connectivity index (χ1v) is 13.8. The predicted molar refractivity (Wildman–Crippen MR) is 136 cm³/mol. The average molecular weight is 470 g/mol. The number of carboxylic acids is 1. The van der Waals surface area contributed by atoms with Crippen LogP contribution < -0.4 is 5.11 Å². The maximum Gasteiger partial charge on any atom is 0.306 e. The van der Waals surface area contributed by atoms with Gasteiger partial charge in [0.1, 0.15) is 6.54 Å². The van der Waals surface area contributed by atoms with Gasteiger partial charge in [0.05, 0.1) is 21.1 Å². The molecule has 0 aromatic heterocycles. The van der Waals surface area contributed by atoms with Crippen LogP contribution in [0.15, 0.2) is 0 Å². The molecule has 0 aliphatic carbocycles. The Balaban J connectivity index is 3.63. The van der Waals surface area contributed by atoms with Crippen LogP contribution in [0.4, 0.5) is 0 Å². The summed E-state index contributed by atoms with van der Waals surface area (Å²) in [6, 6.07) is 0. The van der Waals surface area contributed by atoms with Crippen molar-refractivity contribution in [2.24, 2.45) is 5.92 Å². The molecule has 2 atom stereocenters. The highest BCUT2D eigenvalue weighted by atomic mass is 16.5. The minimum Gasteiger partial charge on any atom is -0.550 e. The maximum absolute atomic E-state index is 12.1. The Kier molecular flexibility index (Phi) is 19.6. The van der Waals surface area contributed by atoms with Crippen LogP contribution in [0.2, 0.25) is 0 Å². The number of carbonyl (C=O) groups excluding carboxylic acids is 2. The molecular weight excluding hydrogens is 414 g/mol. The quantitative estimate of drug-likeness (QED) is 0.104. The standard InChI is InChI=1S/C28H55NO4/c1-6-7-8-9-10-11-14-17-20-25(2)21-18-15-12-13-16-19-22-28(32)33-26(23-27(30)31)24-29(3,4)5/h25-26H,6-24H2,1-5H3. The molecule has 0 aromatic carbocycles. The van der Waals surface area contributed by atoms with Crippen LogP contribution in [0.5, 0.6) is 0 Å². The van der Waals surface area contributed by atoms with Gasteiger partial charge in [-0.2, -0.15) is 0 Å². The van der Waals surface area contributed by atoms with Gasteiger partial charge in [-0.05, 0) is 12.3 Å². The zero-order chi connectivity index (χ0) is 25.0. The van der Waals surface area contributed by atoms with E-state index in [1.165, 1.54) is 83.5 Å². The van der Waals surface area contributed by atoms with Crippen molar-refractivity contribution < 1.29 is 23.9 Å². The van der Waals surface area contributed by atoms with Crippen molar-refractivity contribution in [2.75, 3.05) is 27.7 Å². The number of ether oxygens (including phenoxy) is 1. The molecule has 5 heteroatoms. The highest BCUT2D eigenvalue weighted by Crippen LogP contribution is 2.19. The van der Waals surface area contributed by atoms with Gasteiger partial charge in [-0.25, -0.2) is 0 Å². The highest BCUT2D eigenvalue weighted by Gasteiger charge is 2.22. The largest absolute Gasteiger partial charge is 0.550 e. The van der Waals surface area contributed by atoms with E-state index >= 15 is 0 Å². The van der Waals surface area contributed by atoms with Crippen molar-refractivity contribution in [2.45, 2.75) is 136 Å². The van der Waals surface area contributed by atoms with Crippen molar-refractivity contribution >= 4 is 11.9 Å². The molecule has 0 amide bonds. The van der Waals surface area contributed by atoms with Gasteiger partial charge < -0.3 is 19.1 Å². The van der Waals surface area contributed by atoms with E-state index in [0.29, 0.717) is 17.4 Å². The molecule has 196 valence electrons. The van der Waals surface area contributed by atoms with Crippen molar-refractivity contribution in [1.29, 1.82) is 0 Å². The highest BCUT2D eigenvalue weighted by molar-refractivity contribution is 5.70. The van der Waals surface area contributed by atoms with Crippen LogP contribution in [-0.2, 0) is 14.3 Å². The zero-order valence-electron chi connectivity index (χ0n) is 22.7. The van der Waals surface area contributed by atoms with E-state index in [1.807, 2.05) is 21.1 Å². The van der Waals surface area contributed by atoms with Crippen LogP contribution in [0.25, 0.3) is 0 Å². The monoisotopic (exact) mass is 469 g/mol. The number of rotatable bonds is 23. The lowest BCUT2D eigenvalue weighted by Crippen LogP contribution is -2.45. The van der Waals surface area contributed by atoms with E-state index in [-0.39, 0.29) is 12.4 Å². The van der Waals surface area contributed by atoms with Gasteiger partial charge in [-0.15, -0.1) is 0 Å². The number of carbonyl (C=O) groups is 2. The third-order valence-electron chi connectivity index (χ3n) is 6.32. The Morgan fingerprint density at radius 2 is 1.21 bits per heavy atom. The van der Waals surface area contributed by atoms with Gasteiger partial charge in [-0.3, -0.25) is 4.79 Å². The second-order valence-electron chi connectivity index (χ2n) is 11.2. The molecule has 0 rings (SSSR count). The van der Waals surface area contributed by atoms with Crippen LogP contribution >= 0.6 is 0 Å². The van der Waals surface area contributed by atoms with E-state index in [1.54, 1.807) is 0 Å². The molecule has 5 nitrogen and oxygen atoms in total. The Morgan fingerprint density at radius 1 is 0.758 bits per heavy atom. The summed E-state index contributed by atoms with van der Waals surface area (Å²) in [5.74, 6) is -0.613. The molecule has 0 radical (unpaired) electrons. The fourth-order valence-corrected chi connectivity index (χ4v) is 4.43. The van der Waals surface area contributed by atoms with E-state index in [0.717, 1.165) is 25.2 Å². The van der Waals surface area contributed by atoms with Crippen molar-refractivity contribution in [3.05, 3.63) is 0 Å². The molecule has 0 aromatic rings. The third-order valence-corrected chi connectivity index (χ3v) is 6.32. The number of hydrogen-bond acceptors (Lipinski definition) is 4. The first-order valence-electron chi connectivity index (χ1n) is 13.8. The van der Waals surface area contributed by atoms with Crippen molar-refractivity contribution in [1.82, 2.24) is 0 Å². The molecule has 0 bridgehead atoms. The summed E-state index contributed by atoms with van der Waals surface area (Å²) in [5, 5.41) is 10.9. The number of quaternary nitrogens is 1. The number of hydrogen-bond donors (Lipinski definition) is 0. The molecule has 2 unspecified atom stereocenters. The summed E-state index contributed by atoms with van der Waals surface area (Å²) in [6.07, 6.45) is 20.3. The molecule has 0 saturated heterocycles. The predicted octanol–water partition coefficient (Wildman–Crippen LogP) is 6.03. The van der Waals surface area contributed by atoms with Gasteiger partial charge in [0, 0.05) is 18.8 Å². The van der Waals surface area contributed by atoms with Crippen LogP contribution in [0.1, 0.15) is 129 Å². The van der Waals surface area contributed by atoms with E-state index in [9.17, 15) is 14.7 Å². The van der Waals surface area contributed by atoms with Gasteiger partial charge in [0.25, 0.3) is 0 Å². The van der Waals surface area contributed by atoms with E-state index < -0.39 is 12.1 Å². The lowest BCUT2D eigenvalue weighted by atomic mass is 9.96. The topological polar surface area (TPSA) is 66.4 Å². The van der Waals surface area contributed by atoms with Gasteiger partial charge >= 0.3 is 5.97 Å². The smallest absolute Gasteiger partial charge is 0.306 e. The number of aliphatic carboxylic acids is 1. The molecule has 0 aliphatic heterocycles. The minimum absolute atomic E-state index is 0.237. The fourth-order valence-electron chi connectivity index (χ4n) is 4.43. The number of carboxylic acid groups (broad SMARTS) is 1. The second-order valence-corrected chi connectivity index (χ2v) is 11.2. The van der Waals surface area contributed by atoms with E-state index in [2.05, 4.69) is 13.8 Å². The summed E-state index contributed by atoms with van der Waals surface area (Å²) in [7, 11) is 5.86. The minimum atomic E-state index is -1.17. The SMILES string of the molecule is CCCCCCCCCCC(C)CCCCCCCCC(=O)OC(CC(=O)[O-])C[N+](C)(C)C. The Labute approximate surface area is 205 Å². The molecule has 0 fully saturated rings. The summed E-state index contributed by atoms with van der Waals surface area (Å²) in [5.41, 5.74) is 0. The second kappa shape index (κ2) is 20.3. The van der Waals surface area contributed by atoms with Crippen molar-refractivity contribution in [3.8, 4) is 0 Å². The van der Waals surface area contributed by atoms with Gasteiger partial charge in [0.2, 0.25) is 0 Å². The molecule has 0 N–H and O–H groups in total. The van der Waals surface area contributed by atoms with Crippen LogP contribution in [0.3, 0.4) is 0 Å². The van der Waals surface area contributed by atoms with Crippen molar-refractivity contribution in [3.63, 3.8) is 0 Å². The average Bonchev–Trinajstić information content (AvgIpc) is 2.70. The van der Waals surface area contributed by atoms with Gasteiger partial charge in [0.15, 0.2) is 6.10 Å². The van der Waals surface area contributed by atoms with Crippen LogP contribution in [-0.4, -0.2) is 50.2 Å². The van der Waals surface area contributed by atoms with Crippen LogP contribution in [0, 0.1) is 5.92 Å². The first kappa shape index (κ1) is 31.9. The van der Waals surface area contributed by atoms with E-state index in [4.69, 9.17) is 4.74 Å². The molecule has 0 spiro atoms. The molecule has 33 heavy (non-hydrogen) atoms. The number of nitrogens with zero attached hydrogens (tertiary/aromatic N) is 1. The zero-order valence-corrected chi connectivity index (χ0v) is 22.7. The molecule has 0 aliphatic rings. The molecular formula is C28H55NO4. The summed E-state index contributed by atoms with van der Waals surface area (Å²) in [6.45, 7) is 5.14. The third kappa shape index (κ3) is 23.8. The fraction of sp³-hybridized carbons (Fsp3) is 0.929. The Hall–Kier alpha value is -1.10. The number of esters is 1. The number of likely N-dealkylation sites (N-methyl/N-ethyl adjacent to an activating group) is 1. The lowest BCUT2D eigenvalue weighted by Gasteiger charge is -2.29. The first-order chi connectivity index (χ1) is 15.6. The van der Waals surface area contributed by atoms with Gasteiger partial charge in [-0.1, -0.05) is 110 Å². The Bertz CT molecular complexity index is 487. The molecule has 0 heterocycles. The summed E-state index contributed by atoms with van der Waals surface area (Å²) >= 11 is 0.